The van der Waals surface area contributed by atoms with Gasteiger partial charge in [0.05, 0.1) is 5.69 Å². The van der Waals surface area contributed by atoms with Gasteiger partial charge in [0.15, 0.2) is 5.96 Å². The minimum Gasteiger partial charge on any atom is -0.434 e. The lowest BCUT2D eigenvalue weighted by Crippen LogP contribution is -2.38. The molecule has 0 atom stereocenters. The number of hydrogen-bond donors (Lipinski definition) is 2. The third-order valence-corrected chi connectivity index (χ3v) is 3.99. The highest BCUT2D eigenvalue weighted by molar-refractivity contribution is 6.30. The third-order valence-electron chi connectivity index (χ3n) is 3.76. The van der Waals surface area contributed by atoms with Crippen LogP contribution in [0.4, 0.5) is 8.78 Å². The lowest BCUT2D eigenvalue weighted by molar-refractivity contribution is -0.0504. The Morgan fingerprint density at radius 2 is 2.12 bits per heavy atom. The average Bonchev–Trinajstić information content (AvgIpc) is 2.91. The molecule has 1 heterocycles. The first-order valence-electron chi connectivity index (χ1n) is 8.00. The van der Waals surface area contributed by atoms with E-state index in [2.05, 4.69) is 25.5 Å². The van der Waals surface area contributed by atoms with Gasteiger partial charge in [-0.05, 0) is 38.5 Å². The number of aromatic nitrogens is 1. The number of ether oxygens (including phenoxy) is 1. The van der Waals surface area contributed by atoms with Crippen LogP contribution in [-0.2, 0) is 13.0 Å². The standard InChI is InChI=1S/C17H21ClF2N4O2/c1-10-14(11(2)26-24-10)6-7-22-17(21-3)23-9-12-8-13(18)4-5-15(12)25-16(19)20/h4-5,8,16H,6-7,9H2,1-3H3,(H2,21,22,23). The summed E-state index contributed by atoms with van der Waals surface area (Å²) in [5, 5.41) is 10.6. The van der Waals surface area contributed by atoms with Crippen molar-refractivity contribution < 1.29 is 18.0 Å². The number of alkyl halides is 2. The van der Waals surface area contributed by atoms with Crippen LogP contribution in [0.5, 0.6) is 5.75 Å². The summed E-state index contributed by atoms with van der Waals surface area (Å²) in [6, 6.07) is 4.49. The predicted molar refractivity (Wildman–Crippen MR) is 96.0 cm³/mol. The summed E-state index contributed by atoms with van der Waals surface area (Å²) >= 11 is 5.94. The molecule has 0 saturated heterocycles. The van der Waals surface area contributed by atoms with Crippen LogP contribution in [0.15, 0.2) is 27.7 Å². The predicted octanol–water partition coefficient (Wildman–Crippen LogP) is 3.45. The van der Waals surface area contributed by atoms with Crippen LogP contribution < -0.4 is 15.4 Å². The third kappa shape index (κ3) is 5.59. The van der Waals surface area contributed by atoms with Gasteiger partial charge in [-0.2, -0.15) is 8.78 Å². The second-order valence-corrected chi connectivity index (χ2v) is 5.97. The molecule has 0 aliphatic rings. The molecule has 9 heteroatoms. The Labute approximate surface area is 155 Å². The van der Waals surface area contributed by atoms with Crippen molar-refractivity contribution in [3.05, 3.63) is 45.8 Å². The van der Waals surface area contributed by atoms with Gasteiger partial charge < -0.3 is 19.9 Å². The van der Waals surface area contributed by atoms with E-state index in [-0.39, 0.29) is 12.3 Å². The molecule has 2 aromatic rings. The normalized spacial score (nSPS) is 11.7. The molecule has 0 saturated carbocycles. The molecule has 142 valence electrons. The zero-order chi connectivity index (χ0) is 19.1. The minimum atomic E-state index is -2.90. The topological polar surface area (TPSA) is 71.7 Å². The molecule has 0 aliphatic heterocycles. The van der Waals surface area contributed by atoms with E-state index in [1.807, 2.05) is 13.8 Å². The van der Waals surface area contributed by atoms with Gasteiger partial charge in [0, 0.05) is 36.3 Å². The van der Waals surface area contributed by atoms with Crippen molar-refractivity contribution in [3.8, 4) is 5.75 Å². The number of benzene rings is 1. The highest BCUT2D eigenvalue weighted by Crippen LogP contribution is 2.24. The number of halogens is 3. The van der Waals surface area contributed by atoms with Crippen molar-refractivity contribution in [3.63, 3.8) is 0 Å². The van der Waals surface area contributed by atoms with Crippen molar-refractivity contribution in [2.75, 3.05) is 13.6 Å². The van der Waals surface area contributed by atoms with Gasteiger partial charge in [0.25, 0.3) is 0 Å². The molecule has 0 aliphatic carbocycles. The van der Waals surface area contributed by atoms with Crippen molar-refractivity contribution in [2.45, 2.75) is 33.4 Å². The van der Waals surface area contributed by atoms with Gasteiger partial charge in [-0.15, -0.1) is 0 Å². The number of aliphatic imine (C=N–C) groups is 1. The Balaban J connectivity index is 1.92. The van der Waals surface area contributed by atoms with Crippen molar-refractivity contribution in [2.24, 2.45) is 4.99 Å². The van der Waals surface area contributed by atoms with Gasteiger partial charge in [-0.3, -0.25) is 4.99 Å². The fourth-order valence-corrected chi connectivity index (χ4v) is 2.66. The molecular formula is C17H21ClF2N4O2. The van der Waals surface area contributed by atoms with Crippen LogP contribution in [0.1, 0.15) is 22.6 Å². The Bertz CT molecular complexity index is 746. The molecule has 0 unspecified atom stereocenters. The Kier molecular flexibility index (Phi) is 7.20. The fourth-order valence-electron chi connectivity index (χ4n) is 2.46. The lowest BCUT2D eigenvalue weighted by atomic mass is 10.1. The van der Waals surface area contributed by atoms with Gasteiger partial charge in [-0.1, -0.05) is 16.8 Å². The molecule has 0 spiro atoms. The molecule has 0 fully saturated rings. The van der Waals surface area contributed by atoms with Crippen molar-refractivity contribution >= 4 is 17.6 Å². The molecule has 2 N–H and O–H groups in total. The maximum absolute atomic E-state index is 12.5. The van der Waals surface area contributed by atoms with E-state index in [4.69, 9.17) is 16.1 Å². The smallest absolute Gasteiger partial charge is 0.387 e. The number of nitrogens with one attached hydrogen (secondary N) is 2. The average molecular weight is 387 g/mol. The monoisotopic (exact) mass is 386 g/mol. The maximum atomic E-state index is 12.5. The lowest BCUT2D eigenvalue weighted by Gasteiger charge is -2.15. The fraction of sp³-hybridized carbons (Fsp3) is 0.412. The van der Waals surface area contributed by atoms with E-state index < -0.39 is 6.61 Å². The molecule has 1 aromatic heterocycles. The van der Waals surface area contributed by atoms with E-state index in [1.165, 1.54) is 12.1 Å². The molecule has 2 rings (SSSR count). The highest BCUT2D eigenvalue weighted by atomic mass is 35.5. The van der Waals surface area contributed by atoms with E-state index in [9.17, 15) is 8.78 Å². The van der Waals surface area contributed by atoms with Crippen LogP contribution in [0, 0.1) is 13.8 Å². The molecule has 0 amide bonds. The van der Waals surface area contributed by atoms with Crippen molar-refractivity contribution in [1.29, 1.82) is 0 Å². The zero-order valence-corrected chi connectivity index (χ0v) is 15.5. The van der Waals surface area contributed by atoms with E-state index in [1.54, 1.807) is 13.1 Å². The Morgan fingerprint density at radius 3 is 2.73 bits per heavy atom. The van der Waals surface area contributed by atoms with Gasteiger partial charge in [0.1, 0.15) is 11.5 Å². The molecule has 1 aromatic carbocycles. The summed E-state index contributed by atoms with van der Waals surface area (Å²) in [5.41, 5.74) is 2.42. The number of guanidine groups is 1. The number of rotatable bonds is 7. The SMILES string of the molecule is CN=C(NCCc1c(C)noc1C)NCc1cc(Cl)ccc1OC(F)F. The van der Waals surface area contributed by atoms with E-state index >= 15 is 0 Å². The van der Waals surface area contributed by atoms with Crippen molar-refractivity contribution in [1.82, 2.24) is 15.8 Å². The molecule has 6 nitrogen and oxygen atoms in total. The molecule has 26 heavy (non-hydrogen) atoms. The number of hydrogen-bond acceptors (Lipinski definition) is 4. The summed E-state index contributed by atoms with van der Waals surface area (Å²) in [7, 11) is 1.62. The first-order chi connectivity index (χ1) is 12.4. The van der Waals surface area contributed by atoms with E-state index in [0.29, 0.717) is 23.1 Å². The van der Waals surface area contributed by atoms with Crippen LogP contribution in [0.3, 0.4) is 0 Å². The van der Waals surface area contributed by atoms with Crippen LogP contribution >= 0.6 is 11.6 Å². The number of nitrogens with zero attached hydrogens (tertiary/aromatic N) is 2. The zero-order valence-electron chi connectivity index (χ0n) is 14.8. The largest absolute Gasteiger partial charge is 0.434 e. The number of aryl methyl sites for hydroxylation is 2. The molecule has 0 bridgehead atoms. The first-order valence-corrected chi connectivity index (χ1v) is 8.38. The maximum Gasteiger partial charge on any atom is 0.387 e. The van der Waals surface area contributed by atoms with E-state index in [0.717, 1.165) is 23.4 Å². The summed E-state index contributed by atoms with van der Waals surface area (Å²) in [5.74, 6) is 1.39. The van der Waals surface area contributed by atoms with Gasteiger partial charge >= 0.3 is 6.61 Å². The Hall–Kier alpha value is -2.35. The van der Waals surface area contributed by atoms with Crippen LogP contribution in [0.2, 0.25) is 5.02 Å². The second-order valence-electron chi connectivity index (χ2n) is 5.54. The summed E-state index contributed by atoms with van der Waals surface area (Å²) in [6.07, 6.45) is 0.721. The molecule has 0 radical (unpaired) electrons. The van der Waals surface area contributed by atoms with Crippen LogP contribution in [0.25, 0.3) is 0 Å². The second kappa shape index (κ2) is 9.38. The van der Waals surface area contributed by atoms with Gasteiger partial charge in [-0.25, -0.2) is 0 Å². The molecular weight excluding hydrogens is 366 g/mol. The minimum absolute atomic E-state index is 0.0723. The Morgan fingerprint density at radius 1 is 1.35 bits per heavy atom. The van der Waals surface area contributed by atoms with Crippen LogP contribution in [-0.4, -0.2) is 31.3 Å². The van der Waals surface area contributed by atoms with Gasteiger partial charge in [0.2, 0.25) is 0 Å². The quantitative estimate of drug-likeness (QED) is 0.563. The summed E-state index contributed by atoms with van der Waals surface area (Å²) in [4.78, 5) is 4.11. The summed E-state index contributed by atoms with van der Waals surface area (Å²) in [6.45, 7) is 1.70. The highest BCUT2D eigenvalue weighted by Gasteiger charge is 2.12. The summed E-state index contributed by atoms with van der Waals surface area (Å²) < 4.78 is 34.7. The first kappa shape index (κ1) is 20.0.